The van der Waals surface area contributed by atoms with Crippen LogP contribution in [0.15, 0.2) is 30.5 Å². The van der Waals surface area contributed by atoms with E-state index >= 15 is 0 Å². The highest BCUT2D eigenvalue weighted by Crippen LogP contribution is 2.31. The van der Waals surface area contributed by atoms with Crippen LogP contribution in [-0.2, 0) is 14.1 Å². The Bertz CT molecular complexity index is 719. The molecule has 5 nitrogen and oxygen atoms in total. The minimum atomic E-state index is 0.262. The van der Waals surface area contributed by atoms with Gasteiger partial charge in [-0.1, -0.05) is 0 Å². The van der Waals surface area contributed by atoms with Crippen LogP contribution in [-0.4, -0.2) is 19.5 Å². The Kier molecular flexibility index (Phi) is 2.10. The lowest BCUT2D eigenvalue weighted by Gasteiger charge is -2.05. The van der Waals surface area contributed by atoms with Crippen LogP contribution in [0.4, 0.5) is 5.69 Å². The third-order valence-electron chi connectivity index (χ3n) is 3.24. The van der Waals surface area contributed by atoms with Crippen LogP contribution in [0.3, 0.4) is 0 Å². The minimum Gasteiger partial charge on any atom is -0.508 e. The SMILES string of the molecule is Cn1ncc(N)c1-c1cc2cc(O)ccc2n1C. The highest BCUT2D eigenvalue weighted by molar-refractivity contribution is 5.89. The number of nitrogens with zero attached hydrogens (tertiary/aromatic N) is 3. The summed E-state index contributed by atoms with van der Waals surface area (Å²) in [5, 5.41) is 14.6. The molecule has 0 aliphatic carbocycles. The number of aryl methyl sites for hydroxylation is 2. The van der Waals surface area contributed by atoms with Crippen LogP contribution < -0.4 is 5.73 Å². The fraction of sp³-hybridized carbons (Fsp3) is 0.154. The second-order valence-corrected chi connectivity index (χ2v) is 4.40. The minimum absolute atomic E-state index is 0.262. The first-order chi connectivity index (χ1) is 8.58. The standard InChI is InChI=1S/C13H14N4O/c1-16-11-4-3-9(18)5-8(11)6-12(16)13-10(14)7-15-17(13)2/h3-7,18H,14H2,1-2H3. The van der Waals surface area contributed by atoms with Gasteiger partial charge >= 0.3 is 0 Å². The molecule has 92 valence electrons. The average molecular weight is 242 g/mol. The van der Waals surface area contributed by atoms with Crippen molar-refractivity contribution < 1.29 is 5.11 Å². The quantitative estimate of drug-likeness (QED) is 0.684. The maximum absolute atomic E-state index is 9.52. The molecule has 0 atom stereocenters. The second-order valence-electron chi connectivity index (χ2n) is 4.40. The lowest BCUT2D eigenvalue weighted by Crippen LogP contribution is -2.00. The Morgan fingerprint density at radius 2 is 2.00 bits per heavy atom. The van der Waals surface area contributed by atoms with E-state index in [1.54, 1.807) is 23.0 Å². The predicted molar refractivity (Wildman–Crippen MR) is 71.2 cm³/mol. The first kappa shape index (κ1) is 10.7. The van der Waals surface area contributed by atoms with Crippen LogP contribution in [0.1, 0.15) is 0 Å². The van der Waals surface area contributed by atoms with Crippen LogP contribution in [0.2, 0.25) is 0 Å². The van der Waals surface area contributed by atoms with E-state index in [1.165, 1.54) is 0 Å². The molecule has 1 aromatic carbocycles. The van der Waals surface area contributed by atoms with Crippen molar-refractivity contribution in [2.24, 2.45) is 14.1 Å². The first-order valence-electron chi connectivity index (χ1n) is 5.64. The summed E-state index contributed by atoms with van der Waals surface area (Å²) in [6, 6.07) is 7.31. The summed E-state index contributed by atoms with van der Waals surface area (Å²) in [6.07, 6.45) is 1.64. The van der Waals surface area contributed by atoms with E-state index in [9.17, 15) is 5.11 Å². The molecule has 5 heteroatoms. The van der Waals surface area contributed by atoms with Gasteiger partial charge in [0, 0.05) is 25.0 Å². The average Bonchev–Trinajstić information content (AvgIpc) is 2.80. The summed E-state index contributed by atoms with van der Waals surface area (Å²) < 4.78 is 3.80. The zero-order chi connectivity index (χ0) is 12.9. The first-order valence-corrected chi connectivity index (χ1v) is 5.64. The van der Waals surface area contributed by atoms with Crippen LogP contribution in [0.5, 0.6) is 5.75 Å². The van der Waals surface area contributed by atoms with Crippen LogP contribution in [0.25, 0.3) is 22.3 Å². The van der Waals surface area contributed by atoms with Gasteiger partial charge in [-0.25, -0.2) is 0 Å². The fourth-order valence-electron chi connectivity index (χ4n) is 2.33. The van der Waals surface area contributed by atoms with Gasteiger partial charge in [0.2, 0.25) is 0 Å². The van der Waals surface area contributed by atoms with E-state index in [0.29, 0.717) is 5.69 Å². The Balaban J connectivity index is 2.34. The van der Waals surface area contributed by atoms with E-state index in [2.05, 4.69) is 5.10 Å². The largest absolute Gasteiger partial charge is 0.508 e. The number of phenolic OH excluding ortho intramolecular Hbond substituents is 1. The molecule has 0 amide bonds. The number of nitrogen functional groups attached to an aromatic ring is 1. The third-order valence-corrected chi connectivity index (χ3v) is 3.24. The molecule has 0 fully saturated rings. The van der Waals surface area contributed by atoms with Crippen molar-refractivity contribution in [1.29, 1.82) is 0 Å². The van der Waals surface area contributed by atoms with E-state index in [-0.39, 0.29) is 5.75 Å². The van der Waals surface area contributed by atoms with Gasteiger partial charge in [0.25, 0.3) is 0 Å². The van der Waals surface area contributed by atoms with Crippen LogP contribution >= 0.6 is 0 Å². The molecule has 0 bridgehead atoms. The van der Waals surface area contributed by atoms with Gasteiger partial charge in [0.1, 0.15) is 11.4 Å². The normalized spacial score (nSPS) is 11.2. The Morgan fingerprint density at radius 3 is 2.67 bits per heavy atom. The van der Waals surface area contributed by atoms with Crippen molar-refractivity contribution in [3.8, 4) is 17.1 Å². The molecule has 0 unspecified atom stereocenters. The Morgan fingerprint density at radius 1 is 1.22 bits per heavy atom. The molecular weight excluding hydrogens is 228 g/mol. The maximum Gasteiger partial charge on any atom is 0.116 e. The Labute approximate surface area is 104 Å². The van der Waals surface area contributed by atoms with Crippen molar-refractivity contribution in [3.05, 3.63) is 30.5 Å². The van der Waals surface area contributed by atoms with Gasteiger partial charge < -0.3 is 15.4 Å². The Hall–Kier alpha value is -2.43. The van der Waals surface area contributed by atoms with E-state index in [0.717, 1.165) is 22.3 Å². The molecule has 0 saturated carbocycles. The number of hydrogen-bond donors (Lipinski definition) is 2. The second kappa shape index (κ2) is 3.53. The van der Waals surface area contributed by atoms with Crippen molar-refractivity contribution >= 4 is 16.6 Å². The fourth-order valence-corrected chi connectivity index (χ4v) is 2.33. The lowest BCUT2D eigenvalue weighted by molar-refractivity contribution is 0.476. The topological polar surface area (TPSA) is 69.0 Å². The van der Waals surface area contributed by atoms with Gasteiger partial charge in [0.05, 0.1) is 17.6 Å². The van der Waals surface area contributed by atoms with Gasteiger partial charge in [-0.3, -0.25) is 4.68 Å². The molecule has 3 N–H and O–H groups in total. The molecule has 0 aliphatic heterocycles. The number of phenols is 1. The third kappa shape index (κ3) is 1.37. The number of aromatic nitrogens is 3. The monoisotopic (exact) mass is 242 g/mol. The van der Waals surface area contributed by atoms with E-state index in [1.807, 2.05) is 30.8 Å². The molecular formula is C13H14N4O. The number of fused-ring (bicyclic) bond motifs is 1. The van der Waals surface area contributed by atoms with Crippen molar-refractivity contribution in [3.63, 3.8) is 0 Å². The van der Waals surface area contributed by atoms with Gasteiger partial charge in [-0.15, -0.1) is 0 Å². The maximum atomic E-state index is 9.52. The molecule has 0 spiro atoms. The molecule has 2 heterocycles. The molecule has 3 rings (SSSR count). The van der Waals surface area contributed by atoms with Gasteiger partial charge in [-0.05, 0) is 24.3 Å². The van der Waals surface area contributed by atoms with E-state index in [4.69, 9.17) is 5.73 Å². The van der Waals surface area contributed by atoms with Crippen molar-refractivity contribution in [2.75, 3.05) is 5.73 Å². The number of aromatic hydroxyl groups is 1. The molecule has 2 aromatic heterocycles. The molecule has 3 aromatic rings. The summed E-state index contributed by atoms with van der Waals surface area (Å²) in [7, 11) is 3.84. The number of anilines is 1. The summed E-state index contributed by atoms with van der Waals surface area (Å²) >= 11 is 0. The van der Waals surface area contributed by atoms with Crippen molar-refractivity contribution in [2.45, 2.75) is 0 Å². The summed E-state index contributed by atoms with van der Waals surface area (Å²) in [5.41, 5.74) is 9.50. The molecule has 0 radical (unpaired) electrons. The molecule has 0 saturated heterocycles. The number of benzene rings is 1. The highest BCUT2D eigenvalue weighted by Gasteiger charge is 2.14. The number of hydrogen-bond acceptors (Lipinski definition) is 3. The molecule has 0 aliphatic rings. The highest BCUT2D eigenvalue weighted by atomic mass is 16.3. The summed E-state index contributed by atoms with van der Waals surface area (Å²) in [4.78, 5) is 0. The summed E-state index contributed by atoms with van der Waals surface area (Å²) in [5.74, 6) is 0.262. The van der Waals surface area contributed by atoms with Gasteiger partial charge in [-0.2, -0.15) is 5.10 Å². The zero-order valence-electron chi connectivity index (χ0n) is 10.3. The van der Waals surface area contributed by atoms with Crippen LogP contribution in [0, 0.1) is 0 Å². The summed E-state index contributed by atoms with van der Waals surface area (Å²) in [6.45, 7) is 0. The van der Waals surface area contributed by atoms with Crippen molar-refractivity contribution in [1.82, 2.24) is 14.3 Å². The van der Waals surface area contributed by atoms with Gasteiger partial charge in [0.15, 0.2) is 0 Å². The molecule has 18 heavy (non-hydrogen) atoms. The number of rotatable bonds is 1. The predicted octanol–water partition coefficient (Wildman–Crippen LogP) is 1.87. The zero-order valence-corrected chi connectivity index (χ0v) is 10.3. The number of nitrogens with two attached hydrogens (primary N) is 1. The smallest absolute Gasteiger partial charge is 0.116 e. The van der Waals surface area contributed by atoms with E-state index < -0.39 is 0 Å². The lowest BCUT2D eigenvalue weighted by atomic mass is 10.2.